The molecule has 0 atom stereocenters. The minimum atomic E-state index is -0.344. The summed E-state index contributed by atoms with van der Waals surface area (Å²) in [7, 11) is 0. The highest BCUT2D eigenvalue weighted by atomic mass is 19.1. The summed E-state index contributed by atoms with van der Waals surface area (Å²) in [6.07, 6.45) is 0. The number of carbonyl (C=O) groups is 1. The predicted octanol–water partition coefficient (Wildman–Crippen LogP) is 4.01. The molecule has 0 bridgehead atoms. The van der Waals surface area contributed by atoms with Crippen molar-refractivity contribution in [3.05, 3.63) is 59.4 Å². The molecule has 1 amide bonds. The number of halogens is 1. The number of nitrogens with one attached hydrogen (secondary N) is 1. The minimum Gasteiger partial charge on any atom is -0.494 e. The third kappa shape index (κ3) is 4.79. The fourth-order valence-electron chi connectivity index (χ4n) is 2.08. The number of hydrogen-bond donors (Lipinski definition) is 1. The van der Waals surface area contributed by atoms with Crippen LogP contribution in [-0.4, -0.2) is 19.1 Å². The Kier molecular flexibility index (Phi) is 6.11. The van der Waals surface area contributed by atoms with E-state index >= 15 is 0 Å². The molecular formula is C18H20FNO3. The summed E-state index contributed by atoms with van der Waals surface area (Å²) in [6, 6.07) is 10.8. The van der Waals surface area contributed by atoms with E-state index in [4.69, 9.17) is 9.47 Å². The fourth-order valence-corrected chi connectivity index (χ4v) is 2.08. The van der Waals surface area contributed by atoms with E-state index in [2.05, 4.69) is 5.32 Å². The minimum absolute atomic E-state index is 0.266. The number of rotatable bonds is 7. The Hall–Kier alpha value is -2.40. The predicted molar refractivity (Wildman–Crippen MR) is 87.3 cm³/mol. The summed E-state index contributed by atoms with van der Waals surface area (Å²) >= 11 is 0. The van der Waals surface area contributed by atoms with Gasteiger partial charge < -0.3 is 14.8 Å². The molecule has 0 spiro atoms. The molecule has 0 aliphatic rings. The molecule has 2 aromatic carbocycles. The zero-order chi connectivity index (χ0) is 16.7. The van der Waals surface area contributed by atoms with Gasteiger partial charge in [0, 0.05) is 23.4 Å². The summed E-state index contributed by atoms with van der Waals surface area (Å²) in [5.41, 5.74) is 1.85. The van der Waals surface area contributed by atoms with Crippen LogP contribution >= 0.6 is 0 Å². The van der Waals surface area contributed by atoms with E-state index in [1.807, 2.05) is 13.8 Å². The summed E-state index contributed by atoms with van der Waals surface area (Å²) in [5.74, 6) is 0.0970. The molecule has 122 valence electrons. The van der Waals surface area contributed by atoms with Gasteiger partial charge in [-0.2, -0.15) is 0 Å². The van der Waals surface area contributed by atoms with Crippen molar-refractivity contribution < 1.29 is 18.7 Å². The zero-order valence-corrected chi connectivity index (χ0v) is 13.3. The first-order chi connectivity index (χ1) is 11.1. The fraction of sp³-hybridized carbons (Fsp3) is 0.278. The van der Waals surface area contributed by atoms with Crippen LogP contribution in [0.25, 0.3) is 0 Å². The number of benzene rings is 2. The van der Waals surface area contributed by atoms with Crippen LogP contribution in [0, 0.1) is 5.82 Å². The molecule has 0 aromatic heterocycles. The van der Waals surface area contributed by atoms with Gasteiger partial charge in [0.2, 0.25) is 0 Å². The van der Waals surface area contributed by atoms with E-state index in [9.17, 15) is 9.18 Å². The lowest BCUT2D eigenvalue weighted by molar-refractivity contribution is 0.102. The highest BCUT2D eigenvalue weighted by Crippen LogP contribution is 2.22. The SMILES string of the molecule is CCOCc1cc(C(=O)Nc2ccc(F)cc2)ccc1OCC. The Morgan fingerprint density at radius 1 is 1.09 bits per heavy atom. The second-order valence-electron chi connectivity index (χ2n) is 4.85. The van der Waals surface area contributed by atoms with Crippen molar-refractivity contribution >= 4 is 11.6 Å². The van der Waals surface area contributed by atoms with E-state index in [0.717, 1.165) is 5.56 Å². The molecule has 1 N–H and O–H groups in total. The molecular weight excluding hydrogens is 297 g/mol. The van der Waals surface area contributed by atoms with Crippen molar-refractivity contribution in [1.29, 1.82) is 0 Å². The Labute approximate surface area is 135 Å². The van der Waals surface area contributed by atoms with Crippen molar-refractivity contribution in [1.82, 2.24) is 0 Å². The highest BCUT2D eigenvalue weighted by molar-refractivity contribution is 6.04. The summed E-state index contributed by atoms with van der Waals surface area (Å²) < 4.78 is 23.9. The average Bonchev–Trinajstić information content (AvgIpc) is 2.56. The smallest absolute Gasteiger partial charge is 0.255 e. The number of carbonyl (C=O) groups excluding carboxylic acids is 1. The van der Waals surface area contributed by atoms with Gasteiger partial charge in [0.15, 0.2) is 0 Å². The lowest BCUT2D eigenvalue weighted by Gasteiger charge is -2.12. The van der Waals surface area contributed by atoms with Gasteiger partial charge >= 0.3 is 0 Å². The number of amides is 1. The van der Waals surface area contributed by atoms with Crippen molar-refractivity contribution in [3.63, 3.8) is 0 Å². The normalized spacial score (nSPS) is 10.4. The first-order valence-electron chi connectivity index (χ1n) is 7.54. The number of hydrogen-bond acceptors (Lipinski definition) is 3. The van der Waals surface area contributed by atoms with Gasteiger partial charge in [0.25, 0.3) is 5.91 Å². The van der Waals surface area contributed by atoms with Gasteiger partial charge in [0.05, 0.1) is 13.2 Å². The largest absolute Gasteiger partial charge is 0.494 e. The molecule has 23 heavy (non-hydrogen) atoms. The summed E-state index contributed by atoms with van der Waals surface area (Å²) in [6.45, 7) is 5.31. The van der Waals surface area contributed by atoms with E-state index < -0.39 is 0 Å². The molecule has 0 fully saturated rings. The maximum Gasteiger partial charge on any atom is 0.255 e. The van der Waals surface area contributed by atoms with E-state index in [0.29, 0.717) is 36.8 Å². The number of ether oxygens (including phenoxy) is 2. The highest BCUT2D eigenvalue weighted by Gasteiger charge is 2.11. The average molecular weight is 317 g/mol. The summed E-state index contributed by atoms with van der Waals surface area (Å²) in [5, 5.41) is 2.73. The third-order valence-electron chi connectivity index (χ3n) is 3.19. The van der Waals surface area contributed by atoms with Crippen LogP contribution in [0.5, 0.6) is 5.75 Å². The quantitative estimate of drug-likeness (QED) is 0.839. The first-order valence-corrected chi connectivity index (χ1v) is 7.54. The van der Waals surface area contributed by atoms with Gasteiger partial charge in [-0.05, 0) is 56.3 Å². The lowest BCUT2D eigenvalue weighted by Crippen LogP contribution is -2.12. The second kappa shape index (κ2) is 8.29. The van der Waals surface area contributed by atoms with Crippen molar-refractivity contribution in [2.45, 2.75) is 20.5 Å². The van der Waals surface area contributed by atoms with Gasteiger partial charge in [0.1, 0.15) is 11.6 Å². The molecule has 4 nitrogen and oxygen atoms in total. The van der Waals surface area contributed by atoms with Gasteiger partial charge in [-0.1, -0.05) is 0 Å². The topological polar surface area (TPSA) is 47.6 Å². The Balaban J connectivity index is 2.17. The summed E-state index contributed by atoms with van der Waals surface area (Å²) in [4.78, 5) is 12.3. The zero-order valence-electron chi connectivity index (χ0n) is 13.3. The van der Waals surface area contributed by atoms with Crippen LogP contribution in [0.2, 0.25) is 0 Å². The molecule has 0 saturated carbocycles. The molecule has 0 heterocycles. The van der Waals surface area contributed by atoms with Gasteiger partial charge in [-0.25, -0.2) is 4.39 Å². The van der Waals surface area contributed by atoms with Gasteiger partial charge in [-0.3, -0.25) is 4.79 Å². The molecule has 0 radical (unpaired) electrons. The van der Waals surface area contributed by atoms with Crippen LogP contribution < -0.4 is 10.1 Å². The molecule has 0 unspecified atom stereocenters. The van der Waals surface area contributed by atoms with E-state index in [1.54, 1.807) is 18.2 Å². The Morgan fingerprint density at radius 2 is 1.83 bits per heavy atom. The van der Waals surface area contributed by atoms with Crippen LogP contribution in [0.15, 0.2) is 42.5 Å². The maximum absolute atomic E-state index is 12.9. The van der Waals surface area contributed by atoms with Crippen LogP contribution in [0.3, 0.4) is 0 Å². The Morgan fingerprint density at radius 3 is 2.48 bits per heavy atom. The third-order valence-corrected chi connectivity index (χ3v) is 3.19. The van der Waals surface area contributed by atoms with Crippen molar-refractivity contribution in [2.24, 2.45) is 0 Å². The standard InChI is InChI=1S/C18H20FNO3/c1-3-22-12-14-11-13(5-10-17(14)23-4-2)18(21)20-16-8-6-15(19)7-9-16/h5-11H,3-4,12H2,1-2H3,(H,20,21). The maximum atomic E-state index is 12.9. The molecule has 0 aliphatic heterocycles. The van der Waals surface area contributed by atoms with Crippen LogP contribution in [0.4, 0.5) is 10.1 Å². The molecule has 5 heteroatoms. The molecule has 2 aromatic rings. The van der Waals surface area contributed by atoms with Crippen molar-refractivity contribution in [2.75, 3.05) is 18.5 Å². The first kappa shape index (κ1) is 17.0. The molecule has 0 saturated heterocycles. The molecule has 0 aliphatic carbocycles. The van der Waals surface area contributed by atoms with Gasteiger partial charge in [-0.15, -0.1) is 0 Å². The number of anilines is 1. The lowest BCUT2D eigenvalue weighted by atomic mass is 10.1. The van der Waals surface area contributed by atoms with Crippen LogP contribution in [-0.2, 0) is 11.3 Å². The van der Waals surface area contributed by atoms with E-state index in [1.165, 1.54) is 24.3 Å². The van der Waals surface area contributed by atoms with Crippen LogP contribution in [0.1, 0.15) is 29.8 Å². The second-order valence-corrected chi connectivity index (χ2v) is 4.85. The van der Waals surface area contributed by atoms with Crippen molar-refractivity contribution in [3.8, 4) is 5.75 Å². The molecule has 2 rings (SSSR count). The Bertz CT molecular complexity index is 656. The van der Waals surface area contributed by atoms with E-state index in [-0.39, 0.29) is 11.7 Å². The monoisotopic (exact) mass is 317 g/mol.